The van der Waals surface area contributed by atoms with Crippen molar-refractivity contribution >= 4 is 15.9 Å². The molecule has 2 rings (SSSR count). The number of ether oxygens (including phenoxy) is 2. The van der Waals surface area contributed by atoms with Gasteiger partial charge in [-0.25, -0.2) is 4.39 Å². The van der Waals surface area contributed by atoms with Gasteiger partial charge in [0.05, 0.1) is 14.2 Å². The molecule has 0 saturated heterocycles. The highest BCUT2D eigenvalue weighted by Crippen LogP contribution is 2.33. The summed E-state index contributed by atoms with van der Waals surface area (Å²) in [7, 11) is 3.20. The van der Waals surface area contributed by atoms with E-state index in [1.54, 1.807) is 26.4 Å². The number of hydrogen-bond donors (Lipinski definition) is 1. The van der Waals surface area contributed by atoms with Gasteiger partial charge in [0.15, 0.2) is 11.5 Å². The van der Waals surface area contributed by atoms with Crippen LogP contribution in [0.3, 0.4) is 0 Å². The summed E-state index contributed by atoms with van der Waals surface area (Å²) >= 11 is 3.50. The van der Waals surface area contributed by atoms with E-state index >= 15 is 0 Å². The Morgan fingerprint density at radius 3 is 2.29 bits per heavy atom. The molecular weight excluding hydrogens is 337 g/mol. The van der Waals surface area contributed by atoms with Crippen LogP contribution >= 0.6 is 15.9 Å². The number of benzene rings is 2. The first-order chi connectivity index (χ1) is 10.2. The lowest BCUT2D eigenvalue weighted by molar-refractivity contribution is 0.354. The van der Waals surface area contributed by atoms with Gasteiger partial charge in [-0.2, -0.15) is 0 Å². The first-order valence-corrected chi connectivity index (χ1v) is 7.29. The van der Waals surface area contributed by atoms with E-state index in [1.807, 2.05) is 18.2 Å². The SMILES string of the molecule is COc1cc(Br)c(CNCc2ccccc2F)cc1OC. The molecule has 0 heterocycles. The van der Waals surface area contributed by atoms with Gasteiger partial charge in [-0.15, -0.1) is 0 Å². The lowest BCUT2D eigenvalue weighted by Gasteiger charge is -2.12. The zero-order chi connectivity index (χ0) is 15.2. The van der Waals surface area contributed by atoms with Crippen molar-refractivity contribution in [2.45, 2.75) is 13.1 Å². The van der Waals surface area contributed by atoms with Crippen LogP contribution in [0.15, 0.2) is 40.9 Å². The largest absolute Gasteiger partial charge is 0.493 e. The summed E-state index contributed by atoms with van der Waals surface area (Å²) in [4.78, 5) is 0. The van der Waals surface area contributed by atoms with Crippen LogP contribution < -0.4 is 14.8 Å². The highest BCUT2D eigenvalue weighted by atomic mass is 79.9. The Kier molecular flexibility index (Phi) is 5.59. The third kappa shape index (κ3) is 3.95. The highest BCUT2D eigenvalue weighted by Gasteiger charge is 2.09. The Labute approximate surface area is 132 Å². The second-order valence-corrected chi connectivity index (χ2v) is 5.35. The van der Waals surface area contributed by atoms with Gasteiger partial charge >= 0.3 is 0 Å². The summed E-state index contributed by atoms with van der Waals surface area (Å²) in [5, 5.41) is 3.22. The van der Waals surface area contributed by atoms with E-state index < -0.39 is 0 Å². The molecule has 2 aromatic carbocycles. The van der Waals surface area contributed by atoms with Crippen LogP contribution in [0.2, 0.25) is 0 Å². The monoisotopic (exact) mass is 353 g/mol. The van der Waals surface area contributed by atoms with E-state index in [1.165, 1.54) is 6.07 Å². The topological polar surface area (TPSA) is 30.5 Å². The van der Waals surface area contributed by atoms with Crippen molar-refractivity contribution in [2.24, 2.45) is 0 Å². The van der Waals surface area contributed by atoms with E-state index in [9.17, 15) is 4.39 Å². The zero-order valence-electron chi connectivity index (χ0n) is 12.0. The summed E-state index contributed by atoms with van der Waals surface area (Å²) in [6, 6.07) is 10.5. The van der Waals surface area contributed by atoms with E-state index in [2.05, 4.69) is 21.2 Å². The molecule has 21 heavy (non-hydrogen) atoms. The Morgan fingerprint density at radius 1 is 1.00 bits per heavy atom. The van der Waals surface area contributed by atoms with Gasteiger partial charge in [-0.05, 0) is 23.8 Å². The first kappa shape index (κ1) is 15.8. The van der Waals surface area contributed by atoms with E-state index in [-0.39, 0.29) is 5.82 Å². The molecule has 0 saturated carbocycles. The summed E-state index contributed by atoms with van der Waals surface area (Å²) in [6.45, 7) is 1.06. The second kappa shape index (κ2) is 7.43. The molecule has 2 aromatic rings. The molecule has 0 aromatic heterocycles. The molecule has 3 nitrogen and oxygen atoms in total. The Hall–Kier alpha value is -1.59. The quantitative estimate of drug-likeness (QED) is 0.854. The van der Waals surface area contributed by atoms with Crippen LogP contribution in [-0.2, 0) is 13.1 Å². The predicted molar refractivity (Wildman–Crippen MR) is 84.2 cm³/mol. The molecule has 112 valence electrons. The van der Waals surface area contributed by atoms with Crippen molar-refractivity contribution in [3.63, 3.8) is 0 Å². The maximum atomic E-state index is 13.5. The minimum Gasteiger partial charge on any atom is -0.493 e. The van der Waals surface area contributed by atoms with Gasteiger partial charge in [0, 0.05) is 23.1 Å². The van der Waals surface area contributed by atoms with Crippen LogP contribution in [0.25, 0.3) is 0 Å². The standard InChI is InChI=1S/C16H17BrFNO2/c1-20-15-7-12(13(17)8-16(15)21-2)10-19-9-11-5-3-4-6-14(11)18/h3-8,19H,9-10H2,1-2H3. The Bertz CT molecular complexity index is 619. The molecule has 0 bridgehead atoms. The molecule has 5 heteroatoms. The molecule has 0 spiro atoms. The average Bonchev–Trinajstić information content (AvgIpc) is 2.50. The third-order valence-electron chi connectivity index (χ3n) is 3.14. The molecule has 0 radical (unpaired) electrons. The van der Waals surface area contributed by atoms with Crippen molar-refractivity contribution in [2.75, 3.05) is 14.2 Å². The molecule has 0 atom stereocenters. The van der Waals surface area contributed by atoms with E-state index in [4.69, 9.17) is 9.47 Å². The first-order valence-electron chi connectivity index (χ1n) is 6.50. The van der Waals surface area contributed by atoms with Gasteiger partial charge in [0.25, 0.3) is 0 Å². The highest BCUT2D eigenvalue weighted by molar-refractivity contribution is 9.10. The Morgan fingerprint density at radius 2 is 1.62 bits per heavy atom. The molecule has 1 N–H and O–H groups in total. The lowest BCUT2D eigenvalue weighted by atomic mass is 10.1. The minimum absolute atomic E-state index is 0.198. The van der Waals surface area contributed by atoms with Crippen molar-refractivity contribution < 1.29 is 13.9 Å². The Balaban J connectivity index is 2.05. The summed E-state index contributed by atoms with van der Waals surface area (Å²) in [6.07, 6.45) is 0. The number of rotatable bonds is 6. The van der Waals surface area contributed by atoms with Crippen LogP contribution in [-0.4, -0.2) is 14.2 Å². The predicted octanol–water partition coefficient (Wildman–Crippen LogP) is 3.90. The number of hydrogen-bond acceptors (Lipinski definition) is 3. The molecule has 0 amide bonds. The van der Waals surface area contributed by atoms with Crippen LogP contribution in [0.5, 0.6) is 11.5 Å². The molecule has 0 fully saturated rings. The fraction of sp³-hybridized carbons (Fsp3) is 0.250. The summed E-state index contributed by atoms with van der Waals surface area (Å²) in [5.41, 5.74) is 1.66. The van der Waals surface area contributed by atoms with Crippen molar-refractivity contribution in [3.05, 3.63) is 57.8 Å². The smallest absolute Gasteiger partial charge is 0.161 e. The van der Waals surface area contributed by atoms with E-state index in [0.29, 0.717) is 30.2 Å². The number of methoxy groups -OCH3 is 2. The van der Waals surface area contributed by atoms with Crippen molar-refractivity contribution in [1.29, 1.82) is 0 Å². The van der Waals surface area contributed by atoms with Gasteiger partial charge in [0.1, 0.15) is 5.82 Å². The number of nitrogens with one attached hydrogen (secondary N) is 1. The number of halogens is 2. The maximum Gasteiger partial charge on any atom is 0.161 e. The van der Waals surface area contributed by atoms with Crippen molar-refractivity contribution in [3.8, 4) is 11.5 Å². The molecule has 0 unspecified atom stereocenters. The van der Waals surface area contributed by atoms with Gasteiger partial charge < -0.3 is 14.8 Å². The summed E-state index contributed by atoms with van der Waals surface area (Å²) in [5.74, 6) is 1.14. The fourth-order valence-electron chi connectivity index (χ4n) is 2.01. The molecular formula is C16H17BrFNO2. The van der Waals surface area contributed by atoms with Gasteiger partial charge in [-0.1, -0.05) is 34.1 Å². The van der Waals surface area contributed by atoms with Gasteiger partial charge in [-0.3, -0.25) is 0 Å². The molecule has 0 aliphatic carbocycles. The van der Waals surface area contributed by atoms with Crippen LogP contribution in [0, 0.1) is 5.82 Å². The molecule has 0 aliphatic heterocycles. The van der Waals surface area contributed by atoms with Gasteiger partial charge in [0.2, 0.25) is 0 Å². The van der Waals surface area contributed by atoms with Crippen molar-refractivity contribution in [1.82, 2.24) is 5.32 Å². The fourth-order valence-corrected chi connectivity index (χ4v) is 2.47. The third-order valence-corrected chi connectivity index (χ3v) is 3.88. The summed E-state index contributed by atoms with van der Waals surface area (Å²) < 4.78 is 25.0. The normalized spacial score (nSPS) is 10.5. The second-order valence-electron chi connectivity index (χ2n) is 4.49. The maximum absolute atomic E-state index is 13.5. The minimum atomic E-state index is -0.198. The van der Waals surface area contributed by atoms with Crippen LogP contribution in [0.4, 0.5) is 4.39 Å². The lowest BCUT2D eigenvalue weighted by Crippen LogP contribution is -2.14. The van der Waals surface area contributed by atoms with E-state index in [0.717, 1.165) is 10.0 Å². The molecule has 0 aliphatic rings. The van der Waals surface area contributed by atoms with Crippen LogP contribution in [0.1, 0.15) is 11.1 Å². The average molecular weight is 354 g/mol. The zero-order valence-corrected chi connectivity index (χ0v) is 13.5.